The van der Waals surface area contributed by atoms with Gasteiger partial charge in [-0.05, 0) is 19.1 Å². The monoisotopic (exact) mass is 317 g/mol. The summed E-state index contributed by atoms with van der Waals surface area (Å²) in [5.74, 6) is 1.04. The molecule has 1 N–H and O–H groups in total. The molecule has 120 valence electrons. The summed E-state index contributed by atoms with van der Waals surface area (Å²) in [6.45, 7) is -0.0664. The summed E-state index contributed by atoms with van der Waals surface area (Å²) < 4.78 is 46.9. The lowest BCUT2D eigenvalue weighted by Gasteiger charge is -2.09. The number of ether oxygens (including phenoxy) is 1. The lowest BCUT2D eigenvalue weighted by atomic mass is 10.4. The van der Waals surface area contributed by atoms with Crippen molar-refractivity contribution < 1.29 is 27.1 Å². The number of carbonyl (C=O) groups excluding carboxylic acids is 1. The molecule has 0 unspecified atom stereocenters. The lowest BCUT2D eigenvalue weighted by molar-refractivity contribution is -0.174. The Morgan fingerprint density at radius 2 is 2.18 bits per heavy atom. The minimum absolute atomic E-state index is 0.292. The van der Waals surface area contributed by atoms with Crippen LogP contribution >= 0.6 is 0 Å². The van der Waals surface area contributed by atoms with Crippen LogP contribution in [0.4, 0.5) is 19.0 Å². The smallest absolute Gasteiger partial charge is 0.411 e. The standard InChI is InChI=1S/C13H14F3N3O3/c1-9-2-3-10(22-9)6-19-11(4-5-17-19)18-12(20)7-21-8-13(14,15)16/h2-5H,6-8H2,1H3,(H,18,20). The van der Waals surface area contributed by atoms with Gasteiger partial charge in [0.25, 0.3) is 5.91 Å². The fraction of sp³-hybridized carbons (Fsp3) is 0.385. The normalized spacial score (nSPS) is 11.6. The number of aromatic nitrogens is 2. The van der Waals surface area contributed by atoms with Crippen molar-refractivity contribution in [2.24, 2.45) is 0 Å². The topological polar surface area (TPSA) is 69.3 Å². The maximum absolute atomic E-state index is 11.9. The summed E-state index contributed by atoms with van der Waals surface area (Å²) in [4.78, 5) is 11.5. The van der Waals surface area contributed by atoms with Crippen LogP contribution in [0.2, 0.25) is 0 Å². The summed E-state index contributed by atoms with van der Waals surface area (Å²) in [5, 5.41) is 6.45. The number of nitrogens with zero attached hydrogens (tertiary/aromatic N) is 2. The number of aryl methyl sites for hydroxylation is 1. The average molecular weight is 317 g/mol. The minimum Gasteiger partial charge on any atom is -0.464 e. The van der Waals surface area contributed by atoms with Crippen LogP contribution in [0.3, 0.4) is 0 Å². The number of amides is 1. The molecule has 2 heterocycles. The van der Waals surface area contributed by atoms with Gasteiger partial charge in [0, 0.05) is 6.07 Å². The second-order valence-electron chi connectivity index (χ2n) is 4.54. The minimum atomic E-state index is -4.46. The molecule has 0 atom stereocenters. The van der Waals surface area contributed by atoms with Gasteiger partial charge in [0.1, 0.15) is 37.1 Å². The van der Waals surface area contributed by atoms with Crippen molar-refractivity contribution in [2.45, 2.75) is 19.6 Å². The number of anilines is 1. The van der Waals surface area contributed by atoms with Gasteiger partial charge in [-0.2, -0.15) is 18.3 Å². The number of hydrogen-bond acceptors (Lipinski definition) is 4. The van der Waals surface area contributed by atoms with Gasteiger partial charge in [0.15, 0.2) is 0 Å². The van der Waals surface area contributed by atoms with Gasteiger partial charge in [0.05, 0.1) is 6.20 Å². The van der Waals surface area contributed by atoms with E-state index in [1.54, 1.807) is 19.1 Å². The molecule has 0 radical (unpaired) electrons. The molecule has 2 aromatic rings. The van der Waals surface area contributed by atoms with E-state index >= 15 is 0 Å². The van der Waals surface area contributed by atoms with Gasteiger partial charge in [-0.25, -0.2) is 4.68 Å². The summed E-state index contributed by atoms with van der Waals surface area (Å²) in [6, 6.07) is 5.09. The molecule has 6 nitrogen and oxygen atoms in total. The van der Waals surface area contributed by atoms with Gasteiger partial charge < -0.3 is 14.5 Å². The first-order valence-electron chi connectivity index (χ1n) is 6.35. The van der Waals surface area contributed by atoms with Crippen LogP contribution in [0, 0.1) is 6.92 Å². The highest BCUT2D eigenvalue weighted by Gasteiger charge is 2.27. The molecular weight excluding hydrogens is 303 g/mol. The predicted molar refractivity (Wildman–Crippen MR) is 70.3 cm³/mol. The van der Waals surface area contributed by atoms with Crippen molar-refractivity contribution >= 4 is 11.7 Å². The van der Waals surface area contributed by atoms with Crippen LogP contribution in [0.15, 0.2) is 28.8 Å². The Morgan fingerprint density at radius 1 is 1.41 bits per heavy atom. The zero-order valence-electron chi connectivity index (χ0n) is 11.7. The largest absolute Gasteiger partial charge is 0.464 e. The fourth-order valence-corrected chi connectivity index (χ4v) is 1.72. The molecule has 0 saturated heterocycles. The quantitative estimate of drug-likeness (QED) is 0.888. The highest BCUT2D eigenvalue weighted by molar-refractivity contribution is 5.90. The highest BCUT2D eigenvalue weighted by atomic mass is 19.4. The highest BCUT2D eigenvalue weighted by Crippen LogP contribution is 2.15. The van der Waals surface area contributed by atoms with Gasteiger partial charge in [-0.3, -0.25) is 4.79 Å². The Kier molecular flexibility index (Phi) is 4.86. The molecule has 0 aliphatic rings. The molecule has 9 heteroatoms. The third-order valence-corrected chi connectivity index (χ3v) is 2.58. The third kappa shape index (κ3) is 4.92. The van der Waals surface area contributed by atoms with Crippen LogP contribution in [0.5, 0.6) is 0 Å². The number of furan rings is 1. The van der Waals surface area contributed by atoms with Gasteiger partial charge >= 0.3 is 6.18 Å². The van der Waals surface area contributed by atoms with E-state index in [9.17, 15) is 18.0 Å². The zero-order valence-corrected chi connectivity index (χ0v) is 11.7. The second-order valence-corrected chi connectivity index (χ2v) is 4.54. The number of halogens is 3. The van der Waals surface area contributed by atoms with E-state index in [-0.39, 0.29) is 0 Å². The van der Waals surface area contributed by atoms with Crippen molar-refractivity contribution in [3.8, 4) is 0 Å². The number of carbonyl (C=O) groups is 1. The molecule has 0 fully saturated rings. The molecular formula is C13H14F3N3O3. The first kappa shape index (κ1) is 16.1. The Labute approximate surface area is 123 Å². The van der Waals surface area contributed by atoms with Gasteiger partial charge in [-0.15, -0.1) is 0 Å². The average Bonchev–Trinajstić information content (AvgIpc) is 2.98. The third-order valence-electron chi connectivity index (χ3n) is 2.58. The SMILES string of the molecule is Cc1ccc(Cn2nccc2NC(=O)COCC(F)(F)F)o1. The van der Waals surface area contributed by atoms with E-state index in [0.29, 0.717) is 18.1 Å². The summed E-state index contributed by atoms with van der Waals surface area (Å²) in [6.07, 6.45) is -3.00. The Bertz CT molecular complexity index is 634. The summed E-state index contributed by atoms with van der Waals surface area (Å²) in [7, 11) is 0. The van der Waals surface area contributed by atoms with Crippen molar-refractivity contribution in [2.75, 3.05) is 18.5 Å². The van der Waals surface area contributed by atoms with Crippen LogP contribution in [-0.4, -0.2) is 35.1 Å². The van der Waals surface area contributed by atoms with E-state index < -0.39 is 25.3 Å². The number of rotatable bonds is 6. The van der Waals surface area contributed by atoms with E-state index in [0.717, 1.165) is 5.76 Å². The van der Waals surface area contributed by atoms with E-state index in [2.05, 4.69) is 15.2 Å². The first-order valence-corrected chi connectivity index (χ1v) is 6.35. The molecule has 0 bridgehead atoms. The molecule has 1 amide bonds. The summed E-state index contributed by atoms with van der Waals surface area (Å²) in [5.41, 5.74) is 0. The lowest BCUT2D eigenvalue weighted by Crippen LogP contribution is -2.25. The predicted octanol–water partition coefficient (Wildman–Crippen LogP) is 2.35. The molecule has 0 aliphatic carbocycles. The zero-order chi connectivity index (χ0) is 16.2. The molecule has 2 rings (SSSR count). The molecule has 0 spiro atoms. The van der Waals surface area contributed by atoms with Gasteiger partial charge in [-0.1, -0.05) is 0 Å². The Balaban J connectivity index is 1.88. The molecule has 0 saturated carbocycles. The Morgan fingerprint density at radius 3 is 2.82 bits per heavy atom. The summed E-state index contributed by atoms with van der Waals surface area (Å²) >= 11 is 0. The molecule has 0 aromatic carbocycles. The van der Waals surface area contributed by atoms with Gasteiger partial charge in [0.2, 0.25) is 0 Å². The van der Waals surface area contributed by atoms with Crippen molar-refractivity contribution in [3.05, 3.63) is 35.9 Å². The number of nitrogens with one attached hydrogen (secondary N) is 1. The molecule has 2 aromatic heterocycles. The van der Waals surface area contributed by atoms with Crippen molar-refractivity contribution in [1.82, 2.24) is 9.78 Å². The maximum Gasteiger partial charge on any atom is 0.411 e. The van der Waals surface area contributed by atoms with Crippen LogP contribution in [-0.2, 0) is 16.1 Å². The molecule has 0 aliphatic heterocycles. The van der Waals surface area contributed by atoms with Crippen molar-refractivity contribution in [3.63, 3.8) is 0 Å². The first-order chi connectivity index (χ1) is 10.3. The van der Waals surface area contributed by atoms with E-state index in [1.807, 2.05) is 0 Å². The van der Waals surface area contributed by atoms with E-state index in [4.69, 9.17) is 4.42 Å². The van der Waals surface area contributed by atoms with Crippen LogP contribution in [0.25, 0.3) is 0 Å². The maximum atomic E-state index is 11.9. The van der Waals surface area contributed by atoms with Crippen molar-refractivity contribution in [1.29, 1.82) is 0 Å². The van der Waals surface area contributed by atoms with Crippen LogP contribution in [0.1, 0.15) is 11.5 Å². The Hall–Kier alpha value is -2.29. The molecule has 22 heavy (non-hydrogen) atoms. The second kappa shape index (κ2) is 6.65. The fourth-order valence-electron chi connectivity index (χ4n) is 1.72. The van der Waals surface area contributed by atoms with E-state index in [1.165, 1.54) is 16.9 Å². The van der Waals surface area contributed by atoms with Crippen LogP contribution < -0.4 is 5.32 Å². The number of hydrogen-bond donors (Lipinski definition) is 1. The number of alkyl halides is 3.